The summed E-state index contributed by atoms with van der Waals surface area (Å²) in [4.78, 5) is 15.9. The van der Waals surface area contributed by atoms with Crippen molar-refractivity contribution >= 4 is 17.5 Å². The van der Waals surface area contributed by atoms with E-state index in [2.05, 4.69) is 6.07 Å². The van der Waals surface area contributed by atoms with E-state index in [0.717, 1.165) is 25.4 Å². The van der Waals surface area contributed by atoms with Crippen molar-refractivity contribution < 1.29 is 14.4 Å². The molecule has 0 aromatic heterocycles. The minimum absolute atomic E-state index is 0.00133. The molecule has 2 aromatic carbocycles. The predicted molar refractivity (Wildman–Crippen MR) is 99.6 cm³/mol. The zero-order valence-corrected chi connectivity index (χ0v) is 15.2. The summed E-state index contributed by atoms with van der Waals surface area (Å²) < 4.78 is 5.74. The van der Waals surface area contributed by atoms with Crippen molar-refractivity contribution in [2.75, 3.05) is 39.3 Å². The fraction of sp³-hybridized carbons (Fsp3) is 0.300. The van der Waals surface area contributed by atoms with Crippen LogP contribution in [-0.4, -0.2) is 50.1 Å². The highest BCUT2D eigenvalue weighted by Crippen LogP contribution is 2.15. The topological polar surface area (TPSA) is 57.8 Å². The number of carbonyl (C=O) groups excluding carboxylic acids is 1. The molecule has 0 unspecified atom stereocenters. The molecule has 1 fully saturated rings. The van der Waals surface area contributed by atoms with E-state index < -0.39 is 0 Å². The Kier molecular flexibility index (Phi) is 6.11. The van der Waals surface area contributed by atoms with Crippen LogP contribution in [0.5, 0.6) is 5.75 Å². The molecule has 3 rings (SSSR count). The SMILES string of the molecule is N#Cc1cccc(C(=O)N2CC[NH+](CCOc3ccc(Cl)cc3)CC2)c1. The summed E-state index contributed by atoms with van der Waals surface area (Å²) in [5, 5.41) is 9.67. The van der Waals surface area contributed by atoms with Crippen LogP contribution in [0.2, 0.25) is 5.02 Å². The number of hydrogen-bond donors (Lipinski definition) is 1. The molecule has 0 radical (unpaired) electrons. The van der Waals surface area contributed by atoms with Gasteiger partial charge in [0.15, 0.2) is 0 Å². The molecule has 1 N–H and O–H groups in total. The van der Waals surface area contributed by atoms with Crippen molar-refractivity contribution in [2.24, 2.45) is 0 Å². The molecule has 0 atom stereocenters. The van der Waals surface area contributed by atoms with E-state index in [9.17, 15) is 4.79 Å². The number of nitriles is 1. The standard InChI is InChI=1S/C20H20ClN3O2/c21-18-4-6-19(7-5-18)26-13-12-23-8-10-24(11-9-23)20(25)17-3-1-2-16(14-17)15-22/h1-7,14H,8-13H2/p+1. The summed E-state index contributed by atoms with van der Waals surface area (Å²) in [5.41, 5.74) is 1.10. The molecule has 5 nitrogen and oxygen atoms in total. The fourth-order valence-corrected chi connectivity index (χ4v) is 3.15. The zero-order valence-electron chi connectivity index (χ0n) is 14.5. The number of nitrogens with zero attached hydrogens (tertiary/aromatic N) is 2. The molecule has 6 heteroatoms. The van der Waals surface area contributed by atoms with Crippen LogP contribution < -0.4 is 9.64 Å². The van der Waals surface area contributed by atoms with Gasteiger partial charge in [-0.3, -0.25) is 4.79 Å². The predicted octanol–water partition coefficient (Wildman–Crippen LogP) is 1.63. The molecular weight excluding hydrogens is 350 g/mol. The van der Waals surface area contributed by atoms with E-state index in [1.54, 1.807) is 24.3 Å². The van der Waals surface area contributed by atoms with Gasteiger partial charge in [-0.05, 0) is 42.5 Å². The van der Waals surface area contributed by atoms with E-state index >= 15 is 0 Å². The minimum atomic E-state index is -0.00133. The van der Waals surface area contributed by atoms with Crippen molar-refractivity contribution in [3.63, 3.8) is 0 Å². The Balaban J connectivity index is 1.44. The van der Waals surface area contributed by atoms with E-state index in [0.29, 0.717) is 35.8 Å². The fourth-order valence-electron chi connectivity index (χ4n) is 3.02. The number of quaternary nitrogens is 1. The van der Waals surface area contributed by atoms with Crippen LogP contribution in [0.4, 0.5) is 0 Å². The largest absolute Gasteiger partial charge is 0.488 e. The molecule has 0 bridgehead atoms. The lowest BCUT2D eigenvalue weighted by atomic mass is 10.1. The van der Waals surface area contributed by atoms with Gasteiger partial charge in [-0.1, -0.05) is 17.7 Å². The second-order valence-corrected chi connectivity index (χ2v) is 6.72. The van der Waals surface area contributed by atoms with Gasteiger partial charge in [0, 0.05) is 10.6 Å². The Labute approximate surface area is 158 Å². The number of amides is 1. The number of halogens is 1. The Morgan fingerprint density at radius 2 is 1.92 bits per heavy atom. The van der Waals surface area contributed by atoms with Gasteiger partial charge in [-0.15, -0.1) is 0 Å². The molecule has 1 amide bonds. The monoisotopic (exact) mass is 370 g/mol. The quantitative estimate of drug-likeness (QED) is 0.870. The van der Waals surface area contributed by atoms with E-state index in [4.69, 9.17) is 21.6 Å². The number of hydrogen-bond acceptors (Lipinski definition) is 3. The molecular formula is C20H21ClN3O2+. The Hall–Kier alpha value is -2.55. The summed E-state index contributed by atoms with van der Waals surface area (Å²) in [7, 11) is 0. The highest BCUT2D eigenvalue weighted by Gasteiger charge is 2.24. The molecule has 1 heterocycles. The Bertz CT molecular complexity index is 793. The Morgan fingerprint density at radius 1 is 1.19 bits per heavy atom. The summed E-state index contributed by atoms with van der Waals surface area (Å²) in [6.45, 7) is 4.75. The lowest BCUT2D eigenvalue weighted by molar-refractivity contribution is -0.903. The highest BCUT2D eigenvalue weighted by molar-refractivity contribution is 6.30. The molecule has 0 aliphatic carbocycles. The lowest BCUT2D eigenvalue weighted by Gasteiger charge is -2.32. The van der Waals surface area contributed by atoms with Crippen LogP contribution in [0.1, 0.15) is 15.9 Å². The second kappa shape index (κ2) is 8.70. The van der Waals surface area contributed by atoms with Crippen molar-refractivity contribution in [3.8, 4) is 11.8 Å². The molecule has 0 saturated carbocycles. The molecule has 1 saturated heterocycles. The molecule has 26 heavy (non-hydrogen) atoms. The maximum Gasteiger partial charge on any atom is 0.254 e. The molecule has 134 valence electrons. The van der Waals surface area contributed by atoms with Crippen LogP contribution >= 0.6 is 11.6 Å². The first-order chi connectivity index (χ1) is 12.7. The van der Waals surface area contributed by atoms with Crippen LogP contribution in [0.15, 0.2) is 48.5 Å². The smallest absolute Gasteiger partial charge is 0.254 e. The van der Waals surface area contributed by atoms with Crippen LogP contribution in [0.25, 0.3) is 0 Å². The molecule has 2 aromatic rings. The average Bonchev–Trinajstić information content (AvgIpc) is 2.69. The maximum absolute atomic E-state index is 12.6. The summed E-state index contributed by atoms with van der Waals surface area (Å²) >= 11 is 5.86. The average molecular weight is 371 g/mol. The second-order valence-electron chi connectivity index (χ2n) is 6.29. The van der Waals surface area contributed by atoms with Gasteiger partial charge in [0.1, 0.15) is 18.9 Å². The first-order valence-corrected chi connectivity index (χ1v) is 9.05. The third-order valence-corrected chi connectivity index (χ3v) is 4.79. The number of ether oxygens (including phenoxy) is 1. The van der Waals surface area contributed by atoms with E-state index in [1.165, 1.54) is 4.90 Å². The van der Waals surface area contributed by atoms with Gasteiger partial charge < -0.3 is 14.5 Å². The normalized spacial score (nSPS) is 14.7. The summed E-state index contributed by atoms with van der Waals surface area (Å²) in [6.07, 6.45) is 0. The summed E-state index contributed by atoms with van der Waals surface area (Å²) in [5.74, 6) is 0.818. The van der Waals surface area contributed by atoms with Crippen molar-refractivity contribution in [3.05, 3.63) is 64.7 Å². The van der Waals surface area contributed by atoms with Crippen LogP contribution in [-0.2, 0) is 0 Å². The van der Waals surface area contributed by atoms with Gasteiger partial charge in [-0.25, -0.2) is 0 Å². The highest BCUT2D eigenvalue weighted by atomic mass is 35.5. The summed E-state index contributed by atoms with van der Waals surface area (Å²) in [6, 6.07) is 16.3. The molecule has 1 aliphatic rings. The van der Waals surface area contributed by atoms with Gasteiger partial charge in [0.25, 0.3) is 5.91 Å². The lowest BCUT2D eigenvalue weighted by Crippen LogP contribution is -3.15. The number of nitrogens with one attached hydrogen (secondary N) is 1. The van der Waals surface area contributed by atoms with Crippen LogP contribution in [0.3, 0.4) is 0 Å². The molecule has 1 aliphatic heterocycles. The maximum atomic E-state index is 12.6. The third kappa shape index (κ3) is 4.75. The molecule has 0 spiro atoms. The number of piperazine rings is 1. The van der Waals surface area contributed by atoms with E-state index in [-0.39, 0.29) is 5.91 Å². The minimum Gasteiger partial charge on any atom is -0.488 e. The first kappa shape index (κ1) is 18.2. The van der Waals surface area contributed by atoms with Gasteiger partial charge in [0.2, 0.25) is 0 Å². The van der Waals surface area contributed by atoms with Crippen LogP contribution in [0, 0.1) is 11.3 Å². The van der Waals surface area contributed by atoms with Crippen molar-refractivity contribution in [1.82, 2.24) is 4.90 Å². The van der Waals surface area contributed by atoms with Gasteiger partial charge in [-0.2, -0.15) is 5.26 Å². The van der Waals surface area contributed by atoms with Crippen molar-refractivity contribution in [2.45, 2.75) is 0 Å². The number of rotatable bonds is 5. The van der Waals surface area contributed by atoms with E-state index in [1.807, 2.05) is 29.2 Å². The third-order valence-electron chi connectivity index (χ3n) is 4.53. The number of carbonyl (C=O) groups is 1. The van der Waals surface area contributed by atoms with Crippen molar-refractivity contribution in [1.29, 1.82) is 5.26 Å². The van der Waals surface area contributed by atoms with Gasteiger partial charge >= 0.3 is 0 Å². The van der Waals surface area contributed by atoms with Gasteiger partial charge in [0.05, 0.1) is 37.8 Å². The number of benzene rings is 2. The zero-order chi connectivity index (χ0) is 18.4. The Morgan fingerprint density at radius 3 is 2.62 bits per heavy atom. The first-order valence-electron chi connectivity index (χ1n) is 8.67.